The molecule has 0 bridgehead atoms. The molecule has 4 rings (SSSR count). The van der Waals surface area contributed by atoms with Crippen molar-refractivity contribution < 1.29 is 71.3 Å². The summed E-state index contributed by atoms with van der Waals surface area (Å²) in [6.07, 6.45) is -22.2. The lowest BCUT2D eigenvalue weighted by Crippen LogP contribution is -2.62. The van der Waals surface area contributed by atoms with Gasteiger partial charge in [-0.15, -0.1) is 0 Å². The van der Waals surface area contributed by atoms with E-state index in [9.17, 15) is 46.1 Å². The summed E-state index contributed by atoms with van der Waals surface area (Å²) < 4.78 is 59.9. The van der Waals surface area contributed by atoms with Gasteiger partial charge in [-0.1, -0.05) is 44.5 Å². The molecule has 3 heterocycles. The molecule has 34 heteroatoms. The Kier molecular flexibility index (Phi) is 19.9. The van der Waals surface area contributed by atoms with Crippen LogP contribution in [-0.4, -0.2) is 147 Å². The van der Waals surface area contributed by atoms with E-state index in [0.29, 0.717) is 0 Å². The van der Waals surface area contributed by atoms with Gasteiger partial charge in [0.1, 0.15) is 30.5 Å². The van der Waals surface area contributed by atoms with E-state index in [2.05, 4.69) is 60.2 Å². The summed E-state index contributed by atoms with van der Waals surface area (Å²) in [7, 11) is 0. The van der Waals surface area contributed by atoms with Gasteiger partial charge in [-0.2, -0.15) is 0 Å². The van der Waals surface area contributed by atoms with Crippen LogP contribution in [0.15, 0.2) is 30.7 Å². The first-order chi connectivity index (χ1) is 32.4. The van der Waals surface area contributed by atoms with Crippen molar-refractivity contribution in [3.63, 3.8) is 0 Å². The minimum absolute atomic E-state index is 0.198. The van der Waals surface area contributed by atoms with Crippen LogP contribution in [0.2, 0.25) is 0 Å². The highest BCUT2D eigenvalue weighted by molar-refractivity contribution is 5.74. The van der Waals surface area contributed by atoms with E-state index in [1.54, 1.807) is 13.8 Å². The number of primary amides is 1. The van der Waals surface area contributed by atoms with Crippen molar-refractivity contribution in [3.05, 3.63) is 62.7 Å². The van der Waals surface area contributed by atoms with E-state index < -0.39 is 159 Å². The quantitative estimate of drug-likeness (QED) is 0.0594. The number of amides is 1. The van der Waals surface area contributed by atoms with Gasteiger partial charge in [-0.25, -0.2) is 0 Å². The zero-order chi connectivity index (χ0) is 50.2. The third kappa shape index (κ3) is 13.5. The number of ether oxygens (including phenoxy) is 10. The van der Waals surface area contributed by atoms with Crippen molar-refractivity contribution in [1.82, 2.24) is 0 Å². The van der Waals surface area contributed by atoms with Gasteiger partial charge in [0.25, 0.3) is 0 Å². The Hall–Kier alpha value is -7.03. The molecule has 0 aromatic heterocycles. The summed E-state index contributed by atoms with van der Waals surface area (Å²) in [4.78, 5) is 79.9. The lowest BCUT2D eigenvalue weighted by molar-refractivity contribution is -0.298. The third-order valence-corrected chi connectivity index (χ3v) is 11.2. The van der Waals surface area contributed by atoms with E-state index in [0.717, 1.165) is 27.7 Å². The van der Waals surface area contributed by atoms with Crippen LogP contribution in [0.5, 0.6) is 0 Å². The van der Waals surface area contributed by atoms with Gasteiger partial charge in [0.05, 0.1) is 55.9 Å². The molecule has 0 spiro atoms. The lowest BCUT2D eigenvalue weighted by Gasteiger charge is -2.48. The predicted molar refractivity (Wildman–Crippen MR) is 219 cm³/mol. The Morgan fingerprint density at radius 2 is 0.941 bits per heavy atom. The number of nitrogens with zero attached hydrogens (tertiary/aromatic N) is 18. The average molecular weight is 962 g/mol. The van der Waals surface area contributed by atoms with Gasteiger partial charge in [0.2, 0.25) is 5.91 Å². The molecule has 7 unspecified atom stereocenters. The molecule has 0 radical (unpaired) electrons. The highest BCUT2D eigenvalue weighted by Gasteiger charge is 2.58. The Labute approximate surface area is 383 Å². The normalized spacial score (nSPS) is 36.1. The maximum Gasteiger partial charge on any atom is 0.303 e. The molecule has 0 aromatic rings. The summed E-state index contributed by atoms with van der Waals surface area (Å²) in [5.41, 5.74) is 62.5. The summed E-state index contributed by atoms with van der Waals surface area (Å²) in [5.74, 6) is -5.75. The Bertz CT molecular complexity index is 2170. The fraction of sp³-hybridized carbons (Fsp3) is 0.853. The molecule has 68 heavy (non-hydrogen) atoms. The minimum atomic E-state index is -1.94. The fourth-order valence-corrected chi connectivity index (χ4v) is 8.31. The van der Waals surface area contributed by atoms with E-state index in [1.165, 1.54) is 0 Å². The molecule has 1 saturated carbocycles. The second-order valence-electron chi connectivity index (χ2n) is 15.6. The third-order valence-electron chi connectivity index (χ3n) is 11.2. The highest BCUT2D eigenvalue weighted by atomic mass is 16.8. The molecule has 0 aromatic carbocycles. The standard InChI is InChI=1S/C34H47N19O15/c1-11-12(2)23(46-52-40)32(64-20(11)9-42-48-36)66-26-18(45-51-39)7-17(44-50-38)25(59-13(3)54)30(26)68-34-31(62-16(6)57)27(19(63-34)8-22(35)58)67-33-24(47-53-41)29(61-15(5)56)28(60-14(4)55)21(65-33)10-43-49-37/h11-12,17-21,23-34H,7-10H2,1-6H3,(H2,35,58)/t11-,12+,17-,18?,19-,20?,21+,23?,24?,25?,26+,27+,28-,29?,30-,31?,32+,33-,34+/m1/s1. The van der Waals surface area contributed by atoms with Gasteiger partial charge in [0, 0.05) is 57.2 Å². The van der Waals surface area contributed by atoms with Gasteiger partial charge < -0.3 is 53.1 Å². The number of esters is 4. The summed E-state index contributed by atoms with van der Waals surface area (Å²) in [6, 6.07) is -5.61. The molecule has 4 fully saturated rings. The second kappa shape index (κ2) is 25.2. The van der Waals surface area contributed by atoms with E-state index in [-0.39, 0.29) is 13.0 Å². The second-order valence-corrected chi connectivity index (χ2v) is 15.6. The Balaban J connectivity index is 1.90. The van der Waals surface area contributed by atoms with Crippen LogP contribution in [0.25, 0.3) is 62.7 Å². The summed E-state index contributed by atoms with van der Waals surface area (Å²) in [5, 5.41) is 22.3. The molecule has 1 aliphatic carbocycles. The van der Waals surface area contributed by atoms with Crippen molar-refractivity contribution in [3.8, 4) is 0 Å². The fourth-order valence-electron chi connectivity index (χ4n) is 8.31. The molecule has 368 valence electrons. The number of carbonyl (C=O) groups excluding carboxylic acids is 5. The van der Waals surface area contributed by atoms with Crippen LogP contribution < -0.4 is 5.73 Å². The maximum atomic E-state index is 12.9. The first-order valence-corrected chi connectivity index (χ1v) is 20.5. The Morgan fingerprint density at radius 1 is 0.500 bits per heavy atom. The molecule has 19 atom stereocenters. The van der Waals surface area contributed by atoms with Crippen molar-refractivity contribution in [1.29, 1.82) is 0 Å². The van der Waals surface area contributed by atoms with Crippen LogP contribution >= 0.6 is 0 Å². The van der Waals surface area contributed by atoms with Crippen molar-refractivity contribution in [2.24, 2.45) is 48.3 Å². The molecule has 34 nitrogen and oxygen atoms in total. The van der Waals surface area contributed by atoms with Gasteiger partial charge in [0.15, 0.2) is 37.2 Å². The first-order valence-electron chi connectivity index (χ1n) is 20.5. The highest BCUT2D eigenvalue weighted by Crippen LogP contribution is 2.41. The average Bonchev–Trinajstić information content (AvgIpc) is 3.55. The molecular formula is C34H47N19O15. The zero-order valence-electron chi connectivity index (χ0n) is 37.0. The SMILES string of the molecule is CC(=O)OC1[C@H](O[C@@H]2C(OC(C)=O)[C@H](N=[N+]=[N-])CC(N=[N+]=[N-])[C@@H]2O[C@@H]2OC(CN=[N+]=[N-])[C@H](C)[C@H](C)C2N=[N+]=[N-])O[C@H](CC(N)=O)[C@@H]1O[C@H]1O[C@@H](CN=[N+]=[N-])[C@@H](OC(C)=O)C(OC(C)=O)C1N=[N+]=[N-]. The van der Waals surface area contributed by atoms with E-state index >= 15 is 0 Å². The monoisotopic (exact) mass is 961 g/mol. The van der Waals surface area contributed by atoms with Crippen LogP contribution in [0, 0.1) is 11.8 Å². The molecule has 4 aliphatic rings. The zero-order valence-corrected chi connectivity index (χ0v) is 37.0. The van der Waals surface area contributed by atoms with Gasteiger partial charge >= 0.3 is 23.9 Å². The largest absolute Gasteiger partial charge is 0.459 e. The van der Waals surface area contributed by atoms with Crippen LogP contribution in [-0.2, 0) is 71.3 Å². The van der Waals surface area contributed by atoms with Crippen molar-refractivity contribution in [2.45, 2.75) is 158 Å². The molecule has 3 aliphatic heterocycles. The first kappa shape index (κ1) is 53.6. The van der Waals surface area contributed by atoms with Crippen LogP contribution in [0.4, 0.5) is 0 Å². The number of nitrogens with two attached hydrogens (primary N) is 1. The topological polar surface area (TPSA) is 496 Å². The van der Waals surface area contributed by atoms with Crippen LogP contribution in [0.3, 0.4) is 0 Å². The molecule has 3 saturated heterocycles. The minimum Gasteiger partial charge on any atom is -0.459 e. The number of hydrogen-bond acceptors (Lipinski definition) is 21. The van der Waals surface area contributed by atoms with Crippen molar-refractivity contribution >= 4 is 29.8 Å². The number of rotatable bonds is 20. The maximum absolute atomic E-state index is 12.9. The van der Waals surface area contributed by atoms with E-state index in [1.807, 2.05) is 0 Å². The predicted octanol–water partition coefficient (Wildman–Crippen LogP) is 3.93. The Morgan fingerprint density at radius 3 is 1.49 bits per heavy atom. The summed E-state index contributed by atoms with van der Waals surface area (Å²) >= 11 is 0. The number of azide groups is 6. The number of hydrogen-bond donors (Lipinski definition) is 1. The molecule has 2 N–H and O–H groups in total. The smallest absolute Gasteiger partial charge is 0.303 e. The molecule has 1 amide bonds. The van der Waals surface area contributed by atoms with Crippen LogP contribution in [0.1, 0.15) is 54.4 Å². The summed E-state index contributed by atoms with van der Waals surface area (Å²) in [6.45, 7) is 6.67. The lowest BCUT2D eigenvalue weighted by atomic mass is 9.81. The van der Waals surface area contributed by atoms with Gasteiger partial charge in [-0.05, 0) is 51.4 Å². The van der Waals surface area contributed by atoms with Gasteiger partial charge in [-0.3, -0.25) is 24.0 Å². The van der Waals surface area contributed by atoms with Crippen molar-refractivity contribution in [2.75, 3.05) is 13.1 Å². The van der Waals surface area contributed by atoms with E-state index in [4.69, 9.17) is 64.2 Å². The number of carbonyl (C=O) groups is 5. The molecular weight excluding hydrogens is 914 g/mol.